The number of hydrazine groups is 1. The van der Waals surface area contributed by atoms with Crippen molar-refractivity contribution in [1.29, 1.82) is 0 Å². The first-order chi connectivity index (χ1) is 8.33. The number of hydrogen-bond donors (Lipinski definition) is 1. The van der Waals surface area contributed by atoms with Crippen molar-refractivity contribution in [2.75, 3.05) is 5.43 Å². The Morgan fingerprint density at radius 3 is 2.39 bits per heavy atom. The third-order valence-corrected chi connectivity index (χ3v) is 2.89. The summed E-state index contributed by atoms with van der Waals surface area (Å²) >= 11 is 0. The molecule has 0 atom stereocenters. The lowest BCUT2D eigenvalue weighted by Crippen LogP contribution is -2.24. The fraction of sp³-hybridized carbons (Fsp3) is 0.154. The Balaban J connectivity index is 0.00000120. The standard InChI is InChI=1S/C13H12FN3.ClH/c14-12-7-15-6-5-13(12)16-17-8-10-3-1-2-4-11(10)9-17;/h1-7H,8-9H2,(H,15,16);1H. The number of anilines is 1. The maximum Gasteiger partial charge on any atom is 0.165 e. The third kappa shape index (κ3) is 2.44. The van der Waals surface area contributed by atoms with Gasteiger partial charge < -0.3 is 5.43 Å². The number of halogens is 2. The van der Waals surface area contributed by atoms with E-state index in [9.17, 15) is 4.39 Å². The molecular formula is C13H13ClFN3. The van der Waals surface area contributed by atoms with Crippen molar-refractivity contribution < 1.29 is 4.39 Å². The van der Waals surface area contributed by atoms with E-state index < -0.39 is 0 Å². The topological polar surface area (TPSA) is 28.2 Å². The van der Waals surface area contributed by atoms with Crippen LogP contribution in [-0.4, -0.2) is 9.99 Å². The van der Waals surface area contributed by atoms with Crippen LogP contribution < -0.4 is 5.43 Å². The third-order valence-electron chi connectivity index (χ3n) is 2.89. The smallest absolute Gasteiger partial charge is 0.165 e. The predicted octanol–water partition coefficient (Wildman–Crippen LogP) is 2.99. The number of benzene rings is 1. The van der Waals surface area contributed by atoms with Crippen LogP contribution in [0.5, 0.6) is 0 Å². The van der Waals surface area contributed by atoms with E-state index in [0.29, 0.717) is 5.69 Å². The van der Waals surface area contributed by atoms with Crippen LogP contribution in [0.2, 0.25) is 0 Å². The largest absolute Gasteiger partial charge is 0.315 e. The molecule has 0 unspecified atom stereocenters. The highest BCUT2D eigenvalue weighted by molar-refractivity contribution is 5.85. The van der Waals surface area contributed by atoms with E-state index in [-0.39, 0.29) is 18.2 Å². The van der Waals surface area contributed by atoms with Gasteiger partial charge in [-0.3, -0.25) is 4.98 Å². The first-order valence-electron chi connectivity index (χ1n) is 5.51. The number of fused-ring (bicyclic) bond motifs is 1. The molecule has 1 aliphatic heterocycles. The van der Waals surface area contributed by atoms with Crippen molar-refractivity contribution in [3.63, 3.8) is 0 Å². The van der Waals surface area contributed by atoms with Gasteiger partial charge in [0, 0.05) is 19.3 Å². The first kappa shape index (κ1) is 12.8. The quantitative estimate of drug-likeness (QED) is 0.905. The first-order valence-corrected chi connectivity index (χ1v) is 5.51. The van der Waals surface area contributed by atoms with Gasteiger partial charge in [-0.05, 0) is 17.2 Å². The zero-order valence-electron chi connectivity index (χ0n) is 9.64. The van der Waals surface area contributed by atoms with E-state index in [1.165, 1.54) is 17.3 Å². The highest BCUT2D eigenvalue weighted by Gasteiger charge is 2.18. The van der Waals surface area contributed by atoms with Gasteiger partial charge in [0.05, 0.1) is 11.9 Å². The molecule has 1 aromatic carbocycles. The Labute approximate surface area is 111 Å². The molecule has 0 saturated carbocycles. The van der Waals surface area contributed by atoms with E-state index in [4.69, 9.17) is 0 Å². The summed E-state index contributed by atoms with van der Waals surface area (Å²) in [6.07, 6.45) is 2.79. The molecule has 3 nitrogen and oxygen atoms in total. The maximum atomic E-state index is 13.4. The molecule has 0 bridgehead atoms. The lowest BCUT2D eigenvalue weighted by Gasteiger charge is -2.17. The summed E-state index contributed by atoms with van der Waals surface area (Å²) in [7, 11) is 0. The summed E-state index contributed by atoms with van der Waals surface area (Å²) in [5.74, 6) is -0.330. The Morgan fingerprint density at radius 2 is 1.78 bits per heavy atom. The molecule has 2 heterocycles. The highest BCUT2D eigenvalue weighted by atomic mass is 35.5. The number of pyridine rings is 1. The van der Waals surface area contributed by atoms with Crippen LogP contribution in [-0.2, 0) is 13.1 Å². The van der Waals surface area contributed by atoms with Crippen molar-refractivity contribution in [1.82, 2.24) is 9.99 Å². The molecule has 0 fully saturated rings. The van der Waals surface area contributed by atoms with Gasteiger partial charge >= 0.3 is 0 Å². The van der Waals surface area contributed by atoms with Gasteiger partial charge in [0.1, 0.15) is 0 Å². The summed E-state index contributed by atoms with van der Waals surface area (Å²) in [6.45, 7) is 1.58. The fourth-order valence-electron chi connectivity index (χ4n) is 2.05. The molecule has 0 aliphatic carbocycles. The van der Waals surface area contributed by atoms with Crippen LogP contribution in [0.3, 0.4) is 0 Å². The normalized spacial score (nSPS) is 13.8. The van der Waals surface area contributed by atoms with Gasteiger partial charge in [-0.2, -0.15) is 0 Å². The molecule has 18 heavy (non-hydrogen) atoms. The molecule has 0 spiro atoms. The Hall–Kier alpha value is -1.65. The molecule has 1 aromatic heterocycles. The van der Waals surface area contributed by atoms with Crippen molar-refractivity contribution >= 4 is 18.1 Å². The summed E-state index contributed by atoms with van der Waals surface area (Å²) in [6, 6.07) is 9.88. The predicted molar refractivity (Wildman–Crippen MR) is 70.8 cm³/mol. The average Bonchev–Trinajstić information content (AvgIpc) is 2.74. The van der Waals surface area contributed by atoms with Crippen LogP contribution in [0.4, 0.5) is 10.1 Å². The second-order valence-corrected chi connectivity index (χ2v) is 4.09. The van der Waals surface area contributed by atoms with Gasteiger partial charge in [-0.1, -0.05) is 24.3 Å². The lowest BCUT2D eigenvalue weighted by atomic mass is 10.1. The molecular weight excluding hydrogens is 253 g/mol. The molecule has 3 rings (SSSR count). The molecule has 1 aliphatic rings. The van der Waals surface area contributed by atoms with E-state index >= 15 is 0 Å². The monoisotopic (exact) mass is 265 g/mol. The number of nitrogens with zero attached hydrogens (tertiary/aromatic N) is 2. The van der Waals surface area contributed by atoms with Gasteiger partial charge in [0.2, 0.25) is 0 Å². The maximum absolute atomic E-state index is 13.4. The van der Waals surface area contributed by atoms with Crippen LogP contribution in [0.25, 0.3) is 0 Å². The minimum Gasteiger partial charge on any atom is -0.315 e. The summed E-state index contributed by atoms with van der Waals surface area (Å²) in [5.41, 5.74) is 6.11. The van der Waals surface area contributed by atoms with Crippen LogP contribution in [0, 0.1) is 5.82 Å². The molecule has 0 radical (unpaired) electrons. The minimum atomic E-state index is -0.330. The van der Waals surface area contributed by atoms with E-state index in [0.717, 1.165) is 13.1 Å². The van der Waals surface area contributed by atoms with Crippen molar-refractivity contribution in [3.05, 3.63) is 59.7 Å². The Kier molecular flexibility index (Phi) is 3.79. The van der Waals surface area contributed by atoms with E-state index in [2.05, 4.69) is 22.5 Å². The molecule has 2 aromatic rings. The van der Waals surface area contributed by atoms with Crippen LogP contribution in [0.15, 0.2) is 42.7 Å². The van der Waals surface area contributed by atoms with E-state index in [1.807, 2.05) is 17.1 Å². The Morgan fingerprint density at radius 1 is 1.11 bits per heavy atom. The van der Waals surface area contributed by atoms with Crippen molar-refractivity contribution in [2.45, 2.75) is 13.1 Å². The number of nitrogens with one attached hydrogen (secondary N) is 1. The second kappa shape index (κ2) is 5.33. The van der Waals surface area contributed by atoms with Gasteiger partial charge in [-0.15, -0.1) is 12.4 Å². The average molecular weight is 266 g/mol. The molecule has 0 saturated heterocycles. The number of aromatic nitrogens is 1. The number of rotatable bonds is 2. The summed E-state index contributed by atoms with van der Waals surface area (Å²) < 4.78 is 13.4. The van der Waals surface area contributed by atoms with Gasteiger partial charge in [0.15, 0.2) is 5.82 Å². The van der Waals surface area contributed by atoms with Crippen LogP contribution >= 0.6 is 12.4 Å². The molecule has 5 heteroatoms. The van der Waals surface area contributed by atoms with Crippen molar-refractivity contribution in [2.24, 2.45) is 0 Å². The highest BCUT2D eigenvalue weighted by Crippen LogP contribution is 2.23. The number of hydrogen-bond acceptors (Lipinski definition) is 3. The van der Waals surface area contributed by atoms with Gasteiger partial charge in [-0.25, -0.2) is 9.40 Å². The molecule has 1 N–H and O–H groups in total. The molecule has 0 amide bonds. The van der Waals surface area contributed by atoms with E-state index in [1.54, 1.807) is 12.3 Å². The van der Waals surface area contributed by atoms with Crippen LogP contribution in [0.1, 0.15) is 11.1 Å². The second-order valence-electron chi connectivity index (χ2n) is 4.09. The minimum absolute atomic E-state index is 0. The SMILES string of the molecule is Cl.Fc1cnccc1NN1Cc2ccccc2C1. The van der Waals surface area contributed by atoms with Crippen molar-refractivity contribution in [3.8, 4) is 0 Å². The zero-order chi connectivity index (χ0) is 11.7. The zero-order valence-corrected chi connectivity index (χ0v) is 10.5. The Bertz CT molecular complexity index is 522. The molecule has 94 valence electrons. The fourth-order valence-corrected chi connectivity index (χ4v) is 2.05. The summed E-state index contributed by atoms with van der Waals surface area (Å²) in [4.78, 5) is 3.73. The lowest BCUT2D eigenvalue weighted by molar-refractivity contribution is 0.344. The van der Waals surface area contributed by atoms with Gasteiger partial charge in [0.25, 0.3) is 0 Å². The summed E-state index contributed by atoms with van der Waals surface area (Å²) in [5, 5.41) is 1.99.